The number of hydrogen-bond acceptors (Lipinski definition) is 14. The molecule has 0 aliphatic carbocycles. The molecule has 0 fully saturated rings. The fourth-order valence-corrected chi connectivity index (χ4v) is 15.5. The maximum atomic E-state index is 13.1. The van der Waals surface area contributed by atoms with Crippen molar-refractivity contribution in [2.24, 2.45) is 0 Å². The first-order valence-corrected chi connectivity index (χ1v) is 55.0. The Kier molecular flexibility index (Phi) is 98.0. The number of phosphoric acid groups is 2. The summed E-state index contributed by atoms with van der Waals surface area (Å²) in [6.07, 6.45) is 141. The van der Waals surface area contributed by atoms with Crippen molar-refractivity contribution in [1.82, 2.24) is 0 Å². The number of rotatable bonds is 97. The normalized spacial score (nSPS) is 14.5. The van der Waals surface area contributed by atoms with Crippen molar-refractivity contribution in [1.29, 1.82) is 0 Å². The van der Waals surface area contributed by atoms with Crippen LogP contribution in [0.1, 0.15) is 419 Å². The zero-order valence-corrected chi connectivity index (χ0v) is 84.5. The first kappa shape index (κ1) is 125. The molecule has 0 aliphatic rings. The first-order chi connectivity index (χ1) is 64.2. The Balaban J connectivity index is 4.63. The van der Waals surface area contributed by atoms with Gasteiger partial charge in [-0.25, -0.2) is 9.13 Å². The highest BCUT2D eigenvalue weighted by molar-refractivity contribution is 7.47. The molecule has 0 bridgehead atoms. The molecule has 0 aromatic heterocycles. The fraction of sp³-hybridized carbons (Fsp3) is 0.655. The molecule has 746 valence electrons. The molecule has 0 spiro atoms. The summed E-state index contributed by atoms with van der Waals surface area (Å²) in [6.45, 7) is 2.39. The highest BCUT2D eigenvalue weighted by Gasteiger charge is 2.30. The van der Waals surface area contributed by atoms with E-state index in [0.717, 1.165) is 199 Å². The van der Waals surface area contributed by atoms with Crippen molar-refractivity contribution in [2.45, 2.75) is 437 Å². The lowest BCUT2D eigenvalue weighted by atomic mass is 10.0. The molecule has 0 saturated carbocycles. The van der Waals surface area contributed by atoms with Crippen LogP contribution in [0.4, 0.5) is 0 Å². The summed E-state index contributed by atoms with van der Waals surface area (Å²) in [5.41, 5.74) is 0. The van der Waals surface area contributed by atoms with Gasteiger partial charge < -0.3 is 34.2 Å². The number of carbonyl (C=O) groups is 3. The van der Waals surface area contributed by atoms with E-state index in [1.54, 1.807) is 0 Å². The molecule has 18 heteroatoms. The van der Waals surface area contributed by atoms with Crippen LogP contribution >= 0.6 is 15.6 Å². The lowest BCUT2D eigenvalue weighted by Gasteiger charge is -2.21. The Hall–Kier alpha value is -6.13. The first-order valence-electron chi connectivity index (χ1n) is 52.0. The number of phosphoric ester groups is 2. The van der Waals surface area contributed by atoms with E-state index in [4.69, 9.17) is 32.3 Å². The van der Waals surface area contributed by atoms with Crippen molar-refractivity contribution in [2.75, 3.05) is 39.6 Å². The van der Waals surface area contributed by atoms with E-state index in [1.807, 2.05) is 0 Å². The van der Waals surface area contributed by atoms with E-state index in [0.29, 0.717) is 19.3 Å². The van der Waals surface area contributed by atoms with Gasteiger partial charge in [-0.2, -0.15) is 0 Å². The van der Waals surface area contributed by atoms with Crippen LogP contribution in [0.25, 0.3) is 0 Å². The van der Waals surface area contributed by atoms with Crippen LogP contribution in [0.5, 0.6) is 0 Å². The van der Waals surface area contributed by atoms with Gasteiger partial charge in [0.2, 0.25) is 0 Å². The van der Waals surface area contributed by atoms with Crippen LogP contribution in [-0.2, 0) is 55.8 Å². The topological polar surface area (TPSA) is 231 Å². The number of allylic oxidation sites excluding steroid dienone is 36. The second-order valence-electron chi connectivity index (χ2n) is 34.2. The zero-order chi connectivity index (χ0) is 95.0. The van der Waals surface area contributed by atoms with Crippen LogP contribution in [0, 0.1) is 0 Å². The molecule has 5 atom stereocenters. The van der Waals surface area contributed by atoms with Crippen LogP contribution < -0.4 is 0 Å². The second-order valence-corrected chi connectivity index (χ2v) is 37.1. The monoisotopic (exact) mass is 1860 g/mol. The second kappa shape index (κ2) is 103. The van der Waals surface area contributed by atoms with Crippen LogP contribution in [-0.4, -0.2) is 95.9 Å². The number of aliphatic hydroxyl groups excluding tert-OH is 2. The molecule has 0 aromatic carbocycles. The SMILES string of the molecule is CC/C=C\C/C=C\C/C=C\C/C=C\C/C=C\C/C=C\CCCCCCCCCCCCCCCCCCC(=O)OCC(O)COP(=O)(O)OCC(O)COP(=O)(O)OCC(COC(=O)CCCCCCCCCCCCCC/C=C\C/C=C\C/C=C\C/C=C\C/C=C\C/C=C\CC)OC(=O)CCCCCCCCCCCC/C=C\C/C=C\C/C=C\C/C=C\C/C=C\C/C=C\CC. The molecular formula is C113H188O16P2. The molecular weight excluding hydrogens is 1680 g/mol. The average Bonchev–Trinajstić information content (AvgIpc) is 0.896. The maximum Gasteiger partial charge on any atom is 0.472 e. The summed E-state index contributed by atoms with van der Waals surface area (Å²) in [7, 11) is -9.83. The van der Waals surface area contributed by atoms with Gasteiger partial charge in [-0.1, -0.05) is 445 Å². The van der Waals surface area contributed by atoms with E-state index in [2.05, 4.69) is 240 Å². The van der Waals surface area contributed by atoms with Crippen molar-refractivity contribution < 1.29 is 75.8 Å². The van der Waals surface area contributed by atoms with Gasteiger partial charge >= 0.3 is 33.6 Å². The molecule has 0 heterocycles. The number of unbranched alkanes of at least 4 members (excludes halogenated alkanes) is 38. The van der Waals surface area contributed by atoms with E-state index in [1.165, 1.54) is 161 Å². The van der Waals surface area contributed by atoms with Gasteiger partial charge in [0.1, 0.15) is 25.4 Å². The summed E-state index contributed by atoms with van der Waals surface area (Å²) < 4.78 is 61.7. The highest BCUT2D eigenvalue weighted by atomic mass is 31.2. The maximum absolute atomic E-state index is 13.1. The Labute approximate surface area is 800 Å². The van der Waals surface area contributed by atoms with Gasteiger partial charge in [0.25, 0.3) is 0 Å². The van der Waals surface area contributed by atoms with Gasteiger partial charge in [0, 0.05) is 19.3 Å². The Bertz CT molecular complexity index is 3270. The minimum absolute atomic E-state index is 0.0920. The van der Waals surface area contributed by atoms with Gasteiger partial charge in [-0.3, -0.25) is 32.5 Å². The third-order valence-corrected chi connectivity index (χ3v) is 23.6. The fourth-order valence-electron chi connectivity index (χ4n) is 13.9. The van der Waals surface area contributed by atoms with Crippen molar-refractivity contribution in [3.05, 3.63) is 219 Å². The molecule has 0 radical (unpaired) electrons. The number of hydrogen-bond donors (Lipinski definition) is 4. The predicted molar refractivity (Wildman–Crippen MR) is 555 cm³/mol. The van der Waals surface area contributed by atoms with Crippen molar-refractivity contribution in [3.8, 4) is 0 Å². The Morgan fingerprint density at radius 1 is 0.214 bits per heavy atom. The number of esters is 3. The van der Waals surface area contributed by atoms with E-state index in [-0.39, 0.29) is 19.3 Å². The third kappa shape index (κ3) is 104. The minimum Gasteiger partial charge on any atom is -0.463 e. The highest BCUT2D eigenvalue weighted by Crippen LogP contribution is 2.45. The Morgan fingerprint density at radius 2 is 0.382 bits per heavy atom. The van der Waals surface area contributed by atoms with Crippen molar-refractivity contribution >= 4 is 33.6 Å². The molecule has 0 rings (SSSR count). The third-order valence-electron chi connectivity index (χ3n) is 21.7. The van der Waals surface area contributed by atoms with Gasteiger partial charge in [0.15, 0.2) is 6.10 Å². The van der Waals surface area contributed by atoms with Gasteiger partial charge in [-0.05, 0) is 173 Å². The summed E-state index contributed by atoms with van der Waals surface area (Å²) >= 11 is 0. The summed E-state index contributed by atoms with van der Waals surface area (Å²) in [6, 6.07) is 0. The molecule has 0 amide bonds. The lowest BCUT2D eigenvalue weighted by molar-refractivity contribution is -0.161. The van der Waals surface area contributed by atoms with Crippen molar-refractivity contribution in [3.63, 3.8) is 0 Å². The van der Waals surface area contributed by atoms with Crippen LogP contribution in [0.15, 0.2) is 219 Å². The standard InChI is InChI=1S/C113H188O16P2/c1-4-7-10-13-16-19-22-25-28-31-34-37-40-43-46-49-51-52-53-54-56-59-60-63-66-69-72-75-78-81-84-87-90-93-96-99-111(116)123-102-108(114)103-125-130(119,120)126-104-109(115)105-127-131(121,122)128-107-110(129-113(118)101-98-95-92-89-86-83-80-77-74-71-68-65-62-57-48-45-42-39-36-33-30-27-24-21-18-15-12-9-6-3)106-124-112(117)100-97-94-91-88-85-82-79-76-73-70-67-64-61-58-55-50-47-44-41-38-35-32-29-26-23-20-17-14-11-8-5-2/h7-12,16-21,25-30,34-39,43-48,51-52,55,58,62,65,108-110,114-115H,4-6,13-15,22-24,31-33,40-42,49-50,53-54,56-57,59-61,63-64,66-107H2,1-3H3,(H,119,120)(H,121,122)/b10-7-,11-8-,12-9-,19-16-,20-17-,21-18-,28-25-,29-26-,30-27-,37-34-,38-35-,39-36-,46-43-,47-44-,48-45-,52-51-,58-55-,65-62-. The quantitative estimate of drug-likeness (QED) is 0.0146. The van der Waals surface area contributed by atoms with E-state index in [9.17, 15) is 43.5 Å². The van der Waals surface area contributed by atoms with Crippen LogP contribution in [0.2, 0.25) is 0 Å². The molecule has 0 aliphatic heterocycles. The smallest absolute Gasteiger partial charge is 0.463 e. The number of aliphatic hydroxyl groups is 2. The molecule has 131 heavy (non-hydrogen) atoms. The average molecular weight is 1860 g/mol. The van der Waals surface area contributed by atoms with Gasteiger partial charge in [0.05, 0.1) is 26.4 Å². The summed E-state index contributed by atoms with van der Waals surface area (Å²) in [5, 5.41) is 20.8. The summed E-state index contributed by atoms with van der Waals surface area (Å²) in [5.74, 6) is -1.58. The molecule has 16 nitrogen and oxygen atoms in total. The minimum atomic E-state index is -4.96. The van der Waals surface area contributed by atoms with E-state index >= 15 is 0 Å². The number of ether oxygens (including phenoxy) is 3. The molecule has 5 unspecified atom stereocenters. The largest absolute Gasteiger partial charge is 0.472 e. The van der Waals surface area contributed by atoms with Gasteiger partial charge in [-0.15, -0.1) is 0 Å². The molecule has 0 saturated heterocycles. The predicted octanol–water partition coefficient (Wildman–Crippen LogP) is 33.2. The number of carbonyl (C=O) groups excluding carboxylic acids is 3. The zero-order valence-electron chi connectivity index (χ0n) is 82.7. The molecule has 4 N–H and O–H groups in total. The Morgan fingerprint density at radius 3 is 0.603 bits per heavy atom. The van der Waals surface area contributed by atoms with E-state index < -0.39 is 91.5 Å². The molecule has 0 aromatic rings. The lowest BCUT2D eigenvalue weighted by Crippen LogP contribution is -2.30. The summed E-state index contributed by atoms with van der Waals surface area (Å²) in [4.78, 5) is 59.3. The van der Waals surface area contributed by atoms with Crippen LogP contribution in [0.3, 0.4) is 0 Å².